The van der Waals surface area contributed by atoms with E-state index in [2.05, 4.69) is 4.84 Å². The van der Waals surface area contributed by atoms with Crippen LogP contribution in [-0.2, 0) is 11.4 Å². The summed E-state index contributed by atoms with van der Waals surface area (Å²) in [6.07, 6.45) is -0.919. The van der Waals surface area contributed by atoms with Gasteiger partial charge in [0.2, 0.25) is 0 Å². The number of benzene rings is 1. The Kier molecular flexibility index (Phi) is 3.19. The lowest BCUT2D eigenvalue weighted by atomic mass is 10.1. The standard InChI is InChI=1S/C9H12FNO/c1-7(10)9-4-2-8(3-5-9)6-12-11/h2-5,7H,6,11H2,1H3. The Hall–Kier alpha value is -0.930. The highest BCUT2D eigenvalue weighted by atomic mass is 19.1. The fourth-order valence-electron chi connectivity index (χ4n) is 0.975. The molecule has 1 aromatic rings. The highest BCUT2D eigenvalue weighted by Gasteiger charge is 2.01. The molecule has 1 rings (SSSR count). The van der Waals surface area contributed by atoms with Crippen molar-refractivity contribution in [2.75, 3.05) is 0 Å². The van der Waals surface area contributed by atoms with E-state index in [1.54, 1.807) is 24.3 Å². The second-order valence-electron chi connectivity index (χ2n) is 2.67. The number of hydrogen-bond acceptors (Lipinski definition) is 2. The molecular weight excluding hydrogens is 157 g/mol. The molecule has 0 aromatic heterocycles. The second kappa shape index (κ2) is 4.18. The molecule has 2 N–H and O–H groups in total. The number of nitrogens with two attached hydrogens (primary N) is 1. The summed E-state index contributed by atoms with van der Waals surface area (Å²) < 4.78 is 12.7. The Labute approximate surface area is 71.1 Å². The summed E-state index contributed by atoms with van der Waals surface area (Å²) in [5.41, 5.74) is 1.62. The molecule has 1 unspecified atom stereocenters. The third kappa shape index (κ3) is 2.29. The molecule has 0 aliphatic heterocycles. The van der Waals surface area contributed by atoms with Crippen LogP contribution in [0.4, 0.5) is 4.39 Å². The van der Waals surface area contributed by atoms with Gasteiger partial charge in [-0.05, 0) is 18.1 Å². The maximum atomic E-state index is 12.7. The van der Waals surface area contributed by atoms with Gasteiger partial charge in [0.25, 0.3) is 0 Å². The first-order chi connectivity index (χ1) is 5.74. The van der Waals surface area contributed by atoms with Crippen LogP contribution in [0.3, 0.4) is 0 Å². The van der Waals surface area contributed by atoms with Crippen LogP contribution in [0.1, 0.15) is 24.2 Å². The van der Waals surface area contributed by atoms with Crippen molar-refractivity contribution in [1.29, 1.82) is 0 Å². The molecular formula is C9H12FNO. The molecule has 0 aliphatic carbocycles. The summed E-state index contributed by atoms with van der Waals surface area (Å²) in [5.74, 6) is 4.88. The summed E-state index contributed by atoms with van der Waals surface area (Å²) in [4.78, 5) is 4.43. The van der Waals surface area contributed by atoms with Crippen LogP contribution in [-0.4, -0.2) is 0 Å². The normalized spacial score (nSPS) is 12.9. The first kappa shape index (κ1) is 9.16. The van der Waals surface area contributed by atoms with E-state index in [9.17, 15) is 4.39 Å². The Bertz CT molecular complexity index is 233. The maximum Gasteiger partial charge on any atom is 0.122 e. The van der Waals surface area contributed by atoms with E-state index < -0.39 is 6.17 Å². The van der Waals surface area contributed by atoms with Crippen molar-refractivity contribution in [3.63, 3.8) is 0 Å². The average molecular weight is 169 g/mol. The highest BCUT2D eigenvalue weighted by molar-refractivity contribution is 5.23. The van der Waals surface area contributed by atoms with Gasteiger partial charge in [-0.25, -0.2) is 10.3 Å². The predicted molar refractivity (Wildman–Crippen MR) is 44.9 cm³/mol. The Morgan fingerprint density at radius 2 is 2.00 bits per heavy atom. The minimum atomic E-state index is -0.919. The third-order valence-electron chi connectivity index (χ3n) is 1.69. The molecule has 0 radical (unpaired) electrons. The molecule has 0 amide bonds. The molecule has 0 aliphatic rings. The molecule has 3 heteroatoms. The van der Waals surface area contributed by atoms with Gasteiger partial charge >= 0.3 is 0 Å². The van der Waals surface area contributed by atoms with Crippen molar-refractivity contribution in [2.24, 2.45) is 5.90 Å². The van der Waals surface area contributed by atoms with Crippen LogP contribution in [0.15, 0.2) is 24.3 Å². The molecule has 0 spiro atoms. The van der Waals surface area contributed by atoms with Gasteiger partial charge in [-0.1, -0.05) is 24.3 Å². The maximum absolute atomic E-state index is 12.7. The summed E-state index contributed by atoms with van der Waals surface area (Å²) in [6, 6.07) is 7.08. The Morgan fingerprint density at radius 3 is 2.42 bits per heavy atom. The minimum absolute atomic E-state index is 0.362. The van der Waals surface area contributed by atoms with Crippen LogP contribution in [0.25, 0.3) is 0 Å². The number of alkyl halides is 1. The molecule has 2 nitrogen and oxygen atoms in total. The number of rotatable bonds is 3. The fraction of sp³-hybridized carbons (Fsp3) is 0.333. The first-order valence-corrected chi connectivity index (χ1v) is 3.78. The van der Waals surface area contributed by atoms with Gasteiger partial charge in [0, 0.05) is 0 Å². The number of halogens is 1. The topological polar surface area (TPSA) is 35.2 Å². The molecule has 66 valence electrons. The van der Waals surface area contributed by atoms with Gasteiger partial charge in [-0.2, -0.15) is 0 Å². The lowest BCUT2D eigenvalue weighted by molar-refractivity contribution is 0.124. The first-order valence-electron chi connectivity index (χ1n) is 3.78. The summed E-state index contributed by atoms with van der Waals surface area (Å²) in [5, 5.41) is 0. The zero-order valence-electron chi connectivity index (χ0n) is 6.96. The fourth-order valence-corrected chi connectivity index (χ4v) is 0.975. The van der Waals surface area contributed by atoms with Gasteiger partial charge in [0.15, 0.2) is 0 Å². The largest absolute Gasteiger partial charge is 0.300 e. The third-order valence-corrected chi connectivity index (χ3v) is 1.69. The predicted octanol–water partition coefficient (Wildman–Crippen LogP) is 2.11. The lowest BCUT2D eigenvalue weighted by Gasteiger charge is -2.03. The molecule has 12 heavy (non-hydrogen) atoms. The van der Waals surface area contributed by atoms with Crippen LogP contribution in [0.2, 0.25) is 0 Å². The van der Waals surface area contributed by atoms with E-state index in [-0.39, 0.29) is 0 Å². The van der Waals surface area contributed by atoms with Crippen LogP contribution < -0.4 is 5.90 Å². The summed E-state index contributed by atoms with van der Waals surface area (Å²) in [7, 11) is 0. The molecule has 1 aromatic carbocycles. The van der Waals surface area contributed by atoms with Crippen molar-refractivity contribution < 1.29 is 9.23 Å². The van der Waals surface area contributed by atoms with E-state index in [0.717, 1.165) is 5.56 Å². The van der Waals surface area contributed by atoms with E-state index >= 15 is 0 Å². The monoisotopic (exact) mass is 169 g/mol. The molecule has 0 saturated carbocycles. The molecule has 0 heterocycles. The second-order valence-corrected chi connectivity index (χ2v) is 2.67. The van der Waals surface area contributed by atoms with E-state index in [4.69, 9.17) is 5.90 Å². The van der Waals surface area contributed by atoms with Gasteiger partial charge in [0.1, 0.15) is 6.17 Å². The summed E-state index contributed by atoms with van der Waals surface area (Å²) in [6.45, 7) is 1.87. The Morgan fingerprint density at radius 1 is 1.42 bits per heavy atom. The van der Waals surface area contributed by atoms with Crippen molar-refractivity contribution in [3.05, 3.63) is 35.4 Å². The zero-order chi connectivity index (χ0) is 8.97. The molecule has 0 bridgehead atoms. The molecule has 1 atom stereocenters. The van der Waals surface area contributed by atoms with Crippen molar-refractivity contribution in [1.82, 2.24) is 0 Å². The lowest BCUT2D eigenvalue weighted by Crippen LogP contribution is -1.98. The minimum Gasteiger partial charge on any atom is -0.300 e. The van der Waals surface area contributed by atoms with E-state index in [1.165, 1.54) is 6.92 Å². The SMILES string of the molecule is CC(F)c1ccc(CON)cc1. The smallest absolute Gasteiger partial charge is 0.122 e. The van der Waals surface area contributed by atoms with Crippen LogP contribution in [0, 0.1) is 0 Å². The van der Waals surface area contributed by atoms with Gasteiger partial charge < -0.3 is 0 Å². The Balaban J connectivity index is 2.71. The van der Waals surface area contributed by atoms with E-state index in [1.807, 2.05) is 0 Å². The highest BCUT2D eigenvalue weighted by Crippen LogP contribution is 2.16. The van der Waals surface area contributed by atoms with Gasteiger partial charge in [-0.3, -0.25) is 4.84 Å². The zero-order valence-corrected chi connectivity index (χ0v) is 6.96. The van der Waals surface area contributed by atoms with Crippen LogP contribution in [0.5, 0.6) is 0 Å². The summed E-state index contributed by atoms with van der Waals surface area (Å²) >= 11 is 0. The number of hydrogen-bond donors (Lipinski definition) is 1. The van der Waals surface area contributed by atoms with Crippen LogP contribution >= 0.6 is 0 Å². The van der Waals surface area contributed by atoms with Crippen molar-refractivity contribution in [2.45, 2.75) is 19.7 Å². The quantitative estimate of drug-likeness (QED) is 0.703. The molecule has 0 saturated heterocycles. The van der Waals surface area contributed by atoms with Gasteiger partial charge in [0.05, 0.1) is 6.61 Å². The van der Waals surface area contributed by atoms with Crippen molar-refractivity contribution >= 4 is 0 Å². The van der Waals surface area contributed by atoms with E-state index in [0.29, 0.717) is 12.2 Å². The molecule has 0 fully saturated rings. The average Bonchev–Trinajstić information content (AvgIpc) is 2.06. The van der Waals surface area contributed by atoms with Gasteiger partial charge in [-0.15, -0.1) is 0 Å². The van der Waals surface area contributed by atoms with Crippen molar-refractivity contribution in [3.8, 4) is 0 Å².